The number of rotatable bonds is 2. The Hall–Kier alpha value is -1.94. The normalized spacial score (nSPS) is 10.4. The van der Waals surface area contributed by atoms with Crippen molar-refractivity contribution >= 4 is 23.1 Å². The second-order valence-electron chi connectivity index (χ2n) is 3.67. The van der Waals surface area contributed by atoms with E-state index in [4.69, 9.17) is 17.3 Å². The van der Waals surface area contributed by atoms with Gasteiger partial charge in [-0.25, -0.2) is 8.78 Å². The lowest BCUT2D eigenvalue weighted by Gasteiger charge is -2.05. The summed E-state index contributed by atoms with van der Waals surface area (Å²) in [5.41, 5.74) is 5.30. The maximum Gasteiger partial charge on any atom is 0.194 e. The van der Waals surface area contributed by atoms with Crippen molar-refractivity contribution in [2.75, 3.05) is 5.73 Å². The van der Waals surface area contributed by atoms with Gasteiger partial charge in [-0.1, -0.05) is 17.7 Å². The van der Waals surface area contributed by atoms with E-state index in [2.05, 4.69) is 0 Å². The molecule has 0 atom stereocenters. The molecule has 2 aromatic rings. The van der Waals surface area contributed by atoms with Gasteiger partial charge < -0.3 is 5.73 Å². The third-order valence-corrected chi connectivity index (χ3v) is 2.84. The van der Waals surface area contributed by atoms with Crippen molar-refractivity contribution in [3.8, 4) is 0 Å². The minimum atomic E-state index is -0.701. The van der Waals surface area contributed by atoms with Gasteiger partial charge in [0.25, 0.3) is 0 Å². The van der Waals surface area contributed by atoms with Crippen molar-refractivity contribution < 1.29 is 13.6 Å². The maximum atomic E-state index is 13.3. The third kappa shape index (κ3) is 2.19. The Balaban J connectivity index is 2.48. The van der Waals surface area contributed by atoms with Crippen molar-refractivity contribution in [2.24, 2.45) is 0 Å². The second kappa shape index (κ2) is 4.74. The van der Waals surface area contributed by atoms with Crippen LogP contribution >= 0.6 is 11.6 Å². The second-order valence-corrected chi connectivity index (χ2v) is 4.04. The van der Waals surface area contributed by atoms with Crippen LogP contribution in [0.2, 0.25) is 5.02 Å². The Morgan fingerprint density at radius 2 is 1.83 bits per heavy atom. The number of carbonyl (C=O) groups is 1. The zero-order valence-corrected chi connectivity index (χ0v) is 9.84. The van der Waals surface area contributed by atoms with Crippen molar-refractivity contribution in [2.45, 2.75) is 0 Å². The molecule has 0 aromatic heterocycles. The Bertz CT molecular complexity index is 628. The number of halogens is 3. The van der Waals surface area contributed by atoms with E-state index in [1.165, 1.54) is 24.3 Å². The topological polar surface area (TPSA) is 43.1 Å². The van der Waals surface area contributed by atoms with Gasteiger partial charge in [-0.3, -0.25) is 4.79 Å². The average Bonchev–Trinajstić information content (AvgIpc) is 2.35. The van der Waals surface area contributed by atoms with Gasteiger partial charge in [0, 0.05) is 11.1 Å². The summed E-state index contributed by atoms with van der Waals surface area (Å²) in [5.74, 6) is -1.95. The molecule has 0 radical (unpaired) electrons. The van der Waals surface area contributed by atoms with Crippen molar-refractivity contribution in [1.29, 1.82) is 0 Å². The number of anilines is 1. The molecule has 0 aliphatic rings. The van der Waals surface area contributed by atoms with E-state index in [9.17, 15) is 13.6 Å². The summed E-state index contributed by atoms with van der Waals surface area (Å²) >= 11 is 5.69. The van der Waals surface area contributed by atoms with Gasteiger partial charge in [0.2, 0.25) is 0 Å². The molecule has 18 heavy (non-hydrogen) atoms. The van der Waals surface area contributed by atoms with Crippen LogP contribution < -0.4 is 5.73 Å². The molecule has 0 bridgehead atoms. The Kier molecular flexibility index (Phi) is 3.30. The summed E-state index contributed by atoms with van der Waals surface area (Å²) in [6, 6.07) is 7.52. The molecule has 0 fully saturated rings. The SMILES string of the molecule is Nc1ccc(C(=O)c2cccc(F)c2Cl)cc1F. The van der Waals surface area contributed by atoms with Crippen LogP contribution in [0.4, 0.5) is 14.5 Å². The van der Waals surface area contributed by atoms with E-state index < -0.39 is 17.4 Å². The van der Waals surface area contributed by atoms with Gasteiger partial charge in [0.15, 0.2) is 5.78 Å². The number of nitrogens with two attached hydrogens (primary N) is 1. The molecule has 0 aliphatic carbocycles. The fourth-order valence-corrected chi connectivity index (χ4v) is 1.71. The first-order chi connectivity index (χ1) is 8.50. The summed E-state index contributed by atoms with van der Waals surface area (Å²) in [6.07, 6.45) is 0. The van der Waals surface area contributed by atoms with Crippen LogP contribution in [-0.4, -0.2) is 5.78 Å². The predicted molar refractivity (Wildman–Crippen MR) is 65.7 cm³/mol. The monoisotopic (exact) mass is 267 g/mol. The minimum Gasteiger partial charge on any atom is -0.396 e. The van der Waals surface area contributed by atoms with Crippen molar-refractivity contribution in [1.82, 2.24) is 0 Å². The van der Waals surface area contributed by atoms with Crippen molar-refractivity contribution in [3.05, 3.63) is 64.2 Å². The number of nitrogen functional groups attached to an aromatic ring is 1. The fraction of sp³-hybridized carbons (Fsp3) is 0. The van der Waals surface area contributed by atoms with E-state index in [-0.39, 0.29) is 21.8 Å². The van der Waals surface area contributed by atoms with Crippen LogP contribution in [-0.2, 0) is 0 Å². The largest absolute Gasteiger partial charge is 0.396 e. The molecule has 0 heterocycles. The van der Waals surface area contributed by atoms with Crippen molar-refractivity contribution in [3.63, 3.8) is 0 Å². The van der Waals surface area contributed by atoms with Gasteiger partial charge in [-0.15, -0.1) is 0 Å². The lowest BCUT2D eigenvalue weighted by molar-refractivity contribution is 0.103. The molecule has 0 amide bonds. The van der Waals surface area contributed by atoms with Gasteiger partial charge in [-0.05, 0) is 30.3 Å². The Morgan fingerprint density at radius 3 is 2.50 bits per heavy atom. The number of carbonyl (C=O) groups excluding carboxylic acids is 1. The molecule has 0 unspecified atom stereocenters. The highest BCUT2D eigenvalue weighted by Crippen LogP contribution is 2.23. The maximum absolute atomic E-state index is 13.3. The van der Waals surface area contributed by atoms with Gasteiger partial charge in [-0.2, -0.15) is 0 Å². The van der Waals surface area contributed by atoms with E-state index >= 15 is 0 Å². The van der Waals surface area contributed by atoms with Gasteiger partial charge in [0.05, 0.1) is 10.7 Å². The molecular formula is C13H8ClF2NO. The zero-order valence-electron chi connectivity index (χ0n) is 9.08. The first-order valence-corrected chi connectivity index (χ1v) is 5.42. The smallest absolute Gasteiger partial charge is 0.194 e. The zero-order chi connectivity index (χ0) is 13.3. The highest BCUT2D eigenvalue weighted by molar-refractivity contribution is 6.35. The van der Waals surface area contributed by atoms with Crippen LogP contribution in [0, 0.1) is 11.6 Å². The van der Waals surface area contributed by atoms with Gasteiger partial charge in [0.1, 0.15) is 11.6 Å². The molecule has 0 saturated heterocycles. The molecule has 0 spiro atoms. The third-order valence-electron chi connectivity index (χ3n) is 2.46. The number of ketones is 1. The first kappa shape index (κ1) is 12.5. The molecule has 2 nitrogen and oxygen atoms in total. The molecule has 92 valence electrons. The summed E-state index contributed by atoms with van der Waals surface area (Å²) in [5, 5.41) is -0.278. The Morgan fingerprint density at radius 1 is 1.11 bits per heavy atom. The van der Waals surface area contributed by atoms with Crippen LogP contribution in [0.3, 0.4) is 0 Å². The average molecular weight is 268 g/mol. The predicted octanol–water partition coefficient (Wildman–Crippen LogP) is 3.43. The standard InChI is InChI=1S/C13H8ClF2NO/c14-12-8(2-1-3-9(12)15)13(18)7-4-5-11(17)10(16)6-7/h1-6H,17H2. The molecule has 5 heteroatoms. The molecular weight excluding hydrogens is 260 g/mol. The van der Waals surface area contributed by atoms with Crippen LogP contribution in [0.25, 0.3) is 0 Å². The quantitative estimate of drug-likeness (QED) is 0.669. The highest BCUT2D eigenvalue weighted by Gasteiger charge is 2.16. The minimum absolute atomic E-state index is 0.0131. The van der Waals surface area contributed by atoms with E-state index in [1.807, 2.05) is 0 Å². The molecule has 2 N–H and O–H groups in total. The van der Waals surface area contributed by atoms with E-state index in [0.29, 0.717) is 0 Å². The molecule has 0 aliphatic heterocycles. The van der Waals surface area contributed by atoms with E-state index in [1.54, 1.807) is 0 Å². The lowest BCUT2D eigenvalue weighted by atomic mass is 10.0. The summed E-state index contributed by atoms with van der Waals surface area (Å²) < 4.78 is 26.5. The van der Waals surface area contributed by atoms with Crippen LogP contribution in [0.5, 0.6) is 0 Å². The number of benzene rings is 2. The Labute approximate surface area is 107 Å². The number of hydrogen-bond donors (Lipinski definition) is 1. The first-order valence-electron chi connectivity index (χ1n) is 5.04. The summed E-state index contributed by atoms with van der Waals surface area (Å²) in [6.45, 7) is 0. The molecule has 2 aromatic carbocycles. The van der Waals surface area contributed by atoms with Crippen LogP contribution in [0.15, 0.2) is 36.4 Å². The van der Waals surface area contributed by atoms with E-state index in [0.717, 1.165) is 12.1 Å². The van der Waals surface area contributed by atoms with Gasteiger partial charge >= 0.3 is 0 Å². The van der Waals surface area contributed by atoms with Crippen LogP contribution in [0.1, 0.15) is 15.9 Å². The summed E-state index contributed by atoms with van der Waals surface area (Å²) in [7, 11) is 0. The number of hydrogen-bond acceptors (Lipinski definition) is 2. The summed E-state index contributed by atoms with van der Waals surface area (Å²) in [4.78, 5) is 12.0. The molecule has 2 rings (SSSR count). The fourth-order valence-electron chi connectivity index (χ4n) is 1.50. The highest BCUT2D eigenvalue weighted by atomic mass is 35.5. The lowest BCUT2D eigenvalue weighted by Crippen LogP contribution is -2.04. The molecule has 0 saturated carbocycles.